The number of thiazole rings is 1. The van der Waals surface area contributed by atoms with Gasteiger partial charge in [0.1, 0.15) is 16.6 Å². The number of nitrogens with one attached hydrogen (secondary N) is 1. The second-order valence-corrected chi connectivity index (χ2v) is 5.74. The van der Waals surface area contributed by atoms with E-state index < -0.39 is 0 Å². The van der Waals surface area contributed by atoms with Crippen molar-refractivity contribution in [1.29, 1.82) is 5.26 Å². The fraction of sp³-hybridized carbons (Fsp3) is 0.250. The van der Waals surface area contributed by atoms with Gasteiger partial charge in [0.15, 0.2) is 0 Å². The Kier molecular flexibility index (Phi) is 4.21. The summed E-state index contributed by atoms with van der Waals surface area (Å²) < 4.78 is 0. The van der Waals surface area contributed by atoms with Crippen LogP contribution in [-0.4, -0.2) is 4.98 Å². The van der Waals surface area contributed by atoms with Gasteiger partial charge in [0.05, 0.1) is 0 Å². The lowest BCUT2D eigenvalue weighted by Gasteiger charge is -2.11. The van der Waals surface area contributed by atoms with Crippen LogP contribution in [0.4, 0.5) is 5.69 Å². The third-order valence-electron chi connectivity index (χ3n) is 3.01. The van der Waals surface area contributed by atoms with Crippen LogP contribution >= 0.6 is 11.3 Å². The molecule has 0 amide bonds. The Hall–Kier alpha value is -2.12. The van der Waals surface area contributed by atoms with E-state index in [0.29, 0.717) is 5.57 Å². The monoisotopic (exact) mass is 283 g/mol. The molecule has 0 unspecified atom stereocenters. The van der Waals surface area contributed by atoms with Crippen molar-refractivity contribution >= 4 is 22.6 Å². The molecule has 0 atom stereocenters. The summed E-state index contributed by atoms with van der Waals surface area (Å²) in [6.07, 6.45) is 1.74. The Balaban J connectivity index is 2.31. The van der Waals surface area contributed by atoms with Gasteiger partial charge in [-0.15, -0.1) is 11.3 Å². The van der Waals surface area contributed by atoms with Crippen molar-refractivity contribution in [2.75, 3.05) is 5.32 Å². The van der Waals surface area contributed by atoms with Crippen LogP contribution in [0.2, 0.25) is 0 Å². The molecule has 1 aromatic carbocycles. The zero-order valence-corrected chi connectivity index (χ0v) is 12.9. The van der Waals surface area contributed by atoms with E-state index in [4.69, 9.17) is 0 Å². The van der Waals surface area contributed by atoms with Gasteiger partial charge in [-0.1, -0.05) is 17.7 Å². The number of nitrogens with zero attached hydrogens (tertiary/aromatic N) is 2. The molecule has 3 nitrogen and oxygen atoms in total. The molecule has 0 radical (unpaired) electrons. The van der Waals surface area contributed by atoms with E-state index in [0.717, 1.165) is 16.4 Å². The number of aryl methyl sites for hydroxylation is 4. The molecule has 0 spiro atoms. The molecular formula is C16H17N3S. The van der Waals surface area contributed by atoms with Crippen LogP contribution in [0.15, 0.2) is 23.7 Å². The van der Waals surface area contributed by atoms with Crippen LogP contribution in [0, 0.1) is 39.0 Å². The number of hydrogen-bond donors (Lipinski definition) is 1. The minimum atomic E-state index is 0.558. The van der Waals surface area contributed by atoms with Crippen molar-refractivity contribution in [2.45, 2.75) is 27.7 Å². The molecule has 2 aromatic rings. The Morgan fingerprint density at radius 2 is 1.90 bits per heavy atom. The number of benzene rings is 1. The standard InChI is InChI=1S/C16H17N3S/c1-10-5-11(2)15(12(3)6-10)18-8-14(7-17)16-19-13(4)9-20-16/h5-6,8-9,18H,1-4H3/b14-8+. The van der Waals surface area contributed by atoms with Gasteiger partial charge in [-0.2, -0.15) is 5.26 Å². The molecule has 0 aliphatic heterocycles. The highest BCUT2D eigenvalue weighted by molar-refractivity contribution is 7.10. The lowest BCUT2D eigenvalue weighted by Crippen LogP contribution is -1.97. The molecule has 2 rings (SSSR count). The summed E-state index contributed by atoms with van der Waals surface area (Å²) in [4.78, 5) is 4.34. The summed E-state index contributed by atoms with van der Waals surface area (Å²) in [5.41, 5.74) is 6.14. The molecule has 20 heavy (non-hydrogen) atoms. The molecule has 1 aromatic heterocycles. The largest absolute Gasteiger partial charge is 0.360 e. The smallest absolute Gasteiger partial charge is 0.135 e. The van der Waals surface area contributed by atoms with Crippen LogP contribution in [0.25, 0.3) is 5.57 Å². The van der Waals surface area contributed by atoms with Crippen molar-refractivity contribution in [1.82, 2.24) is 4.98 Å². The van der Waals surface area contributed by atoms with Gasteiger partial charge in [0.2, 0.25) is 0 Å². The highest BCUT2D eigenvalue weighted by Crippen LogP contribution is 2.24. The van der Waals surface area contributed by atoms with Gasteiger partial charge < -0.3 is 5.32 Å². The number of rotatable bonds is 3. The summed E-state index contributed by atoms with van der Waals surface area (Å²) in [5, 5.41) is 15.2. The lowest BCUT2D eigenvalue weighted by atomic mass is 10.1. The molecule has 0 saturated carbocycles. The van der Waals surface area contributed by atoms with Gasteiger partial charge >= 0.3 is 0 Å². The SMILES string of the molecule is Cc1cc(C)c(N/C=C(\C#N)c2nc(C)cs2)c(C)c1. The highest BCUT2D eigenvalue weighted by Gasteiger charge is 2.07. The van der Waals surface area contributed by atoms with Crippen LogP contribution in [-0.2, 0) is 0 Å². The second-order valence-electron chi connectivity index (χ2n) is 4.88. The van der Waals surface area contributed by atoms with Crippen LogP contribution in [0.5, 0.6) is 0 Å². The predicted octanol–water partition coefficient (Wildman–Crippen LogP) is 4.35. The molecular weight excluding hydrogens is 266 g/mol. The molecule has 102 valence electrons. The number of hydrogen-bond acceptors (Lipinski definition) is 4. The molecule has 0 fully saturated rings. The van der Waals surface area contributed by atoms with E-state index in [2.05, 4.69) is 49.3 Å². The fourth-order valence-electron chi connectivity index (χ4n) is 2.17. The van der Waals surface area contributed by atoms with Gasteiger partial charge in [0, 0.05) is 23.0 Å². The first-order chi connectivity index (χ1) is 9.51. The van der Waals surface area contributed by atoms with Crippen molar-refractivity contribution in [3.8, 4) is 6.07 Å². The van der Waals surface area contributed by atoms with E-state index in [1.54, 1.807) is 6.20 Å². The van der Waals surface area contributed by atoms with E-state index in [1.807, 2.05) is 12.3 Å². The van der Waals surface area contributed by atoms with Crippen LogP contribution < -0.4 is 5.32 Å². The predicted molar refractivity (Wildman–Crippen MR) is 84.7 cm³/mol. The second kappa shape index (κ2) is 5.89. The van der Waals surface area contributed by atoms with Crippen LogP contribution in [0.3, 0.4) is 0 Å². The Labute approximate surface area is 123 Å². The normalized spacial score (nSPS) is 11.2. The van der Waals surface area contributed by atoms with Crippen molar-refractivity contribution in [3.05, 3.63) is 51.1 Å². The van der Waals surface area contributed by atoms with Gasteiger partial charge in [-0.05, 0) is 38.8 Å². The maximum Gasteiger partial charge on any atom is 0.135 e. The van der Waals surface area contributed by atoms with E-state index >= 15 is 0 Å². The maximum atomic E-state index is 9.26. The summed E-state index contributed by atoms with van der Waals surface area (Å²) in [5.74, 6) is 0. The Bertz CT molecular complexity index is 682. The fourth-order valence-corrected chi connectivity index (χ4v) is 2.93. The lowest BCUT2D eigenvalue weighted by molar-refractivity contribution is 1.24. The van der Waals surface area contributed by atoms with Gasteiger partial charge in [-0.3, -0.25) is 0 Å². The van der Waals surface area contributed by atoms with Crippen molar-refractivity contribution < 1.29 is 0 Å². The quantitative estimate of drug-likeness (QED) is 0.852. The van der Waals surface area contributed by atoms with Crippen molar-refractivity contribution in [3.63, 3.8) is 0 Å². The highest BCUT2D eigenvalue weighted by atomic mass is 32.1. The van der Waals surface area contributed by atoms with Gasteiger partial charge in [-0.25, -0.2) is 4.98 Å². The van der Waals surface area contributed by atoms with E-state index in [1.165, 1.54) is 28.0 Å². The van der Waals surface area contributed by atoms with Crippen LogP contribution in [0.1, 0.15) is 27.4 Å². The first-order valence-electron chi connectivity index (χ1n) is 6.38. The number of aromatic nitrogens is 1. The third kappa shape index (κ3) is 3.06. The molecule has 0 aliphatic carbocycles. The Morgan fingerprint density at radius 1 is 1.25 bits per heavy atom. The average molecular weight is 283 g/mol. The molecule has 1 heterocycles. The minimum absolute atomic E-state index is 0.558. The van der Waals surface area contributed by atoms with E-state index in [-0.39, 0.29) is 0 Å². The molecule has 1 N–H and O–H groups in total. The minimum Gasteiger partial charge on any atom is -0.360 e. The summed E-state index contributed by atoms with van der Waals surface area (Å²) in [7, 11) is 0. The number of anilines is 1. The topological polar surface area (TPSA) is 48.7 Å². The average Bonchev–Trinajstić information content (AvgIpc) is 2.79. The first kappa shape index (κ1) is 14.3. The molecule has 4 heteroatoms. The first-order valence-corrected chi connectivity index (χ1v) is 7.26. The molecule has 0 bridgehead atoms. The Morgan fingerprint density at radius 3 is 2.40 bits per heavy atom. The third-order valence-corrected chi connectivity index (χ3v) is 4.00. The van der Waals surface area contributed by atoms with Crippen molar-refractivity contribution in [2.24, 2.45) is 0 Å². The number of nitriles is 1. The molecule has 0 aliphatic rings. The molecule has 0 saturated heterocycles. The summed E-state index contributed by atoms with van der Waals surface area (Å²) >= 11 is 1.49. The summed E-state index contributed by atoms with van der Waals surface area (Å²) in [6, 6.07) is 6.45. The number of allylic oxidation sites excluding steroid dienone is 1. The van der Waals surface area contributed by atoms with Gasteiger partial charge in [0.25, 0.3) is 0 Å². The maximum absolute atomic E-state index is 9.26. The zero-order valence-electron chi connectivity index (χ0n) is 12.1. The van der Waals surface area contributed by atoms with E-state index in [9.17, 15) is 5.26 Å². The summed E-state index contributed by atoms with van der Waals surface area (Å²) in [6.45, 7) is 8.14. The zero-order chi connectivity index (χ0) is 14.7.